The van der Waals surface area contributed by atoms with Crippen molar-refractivity contribution in [1.82, 2.24) is 9.78 Å². The highest BCUT2D eigenvalue weighted by molar-refractivity contribution is 5.45. The van der Waals surface area contributed by atoms with E-state index in [1.807, 2.05) is 48.3 Å². The summed E-state index contributed by atoms with van der Waals surface area (Å²) < 4.78 is 1.95. The Bertz CT molecular complexity index is 441. The van der Waals surface area contributed by atoms with E-state index < -0.39 is 0 Å². The SMILES string of the molecule is C/C=C/c1cnn(Cc2ccccc2)c1. The molecule has 2 rings (SSSR count). The van der Waals surface area contributed by atoms with E-state index in [0.717, 1.165) is 12.1 Å². The topological polar surface area (TPSA) is 17.8 Å². The summed E-state index contributed by atoms with van der Waals surface area (Å²) in [6.45, 7) is 2.84. The molecule has 0 saturated carbocycles. The van der Waals surface area contributed by atoms with Crippen LogP contribution in [-0.2, 0) is 6.54 Å². The first-order valence-corrected chi connectivity index (χ1v) is 5.07. The molecule has 0 N–H and O–H groups in total. The van der Waals surface area contributed by atoms with Crippen molar-refractivity contribution in [2.75, 3.05) is 0 Å². The maximum atomic E-state index is 4.30. The maximum absolute atomic E-state index is 4.30. The maximum Gasteiger partial charge on any atom is 0.0659 e. The fraction of sp³-hybridized carbons (Fsp3) is 0.154. The zero-order valence-electron chi connectivity index (χ0n) is 8.80. The number of nitrogens with zero attached hydrogens (tertiary/aromatic N) is 2. The van der Waals surface area contributed by atoms with E-state index in [4.69, 9.17) is 0 Å². The van der Waals surface area contributed by atoms with Gasteiger partial charge in [-0.25, -0.2) is 0 Å². The lowest BCUT2D eigenvalue weighted by Crippen LogP contribution is -1.98. The first kappa shape index (κ1) is 9.71. The molecule has 0 radical (unpaired) electrons. The van der Waals surface area contributed by atoms with Gasteiger partial charge in [-0.2, -0.15) is 5.10 Å². The second-order valence-corrected chi connectivity index (χ2v) is 3.46. The Morgan fingerprint density at radius 1 is 1.27 bits per heavy atom. The van der Waals surface area contributed by atoms with Crippen LogP contribution in [0.15, 0.2) is 48.8 Å². The van der Waals surface area contributed by atoms with Crippen LogP contribution in [0.1, 0.15) is 18.1 Å². The van der Waals surface area contributed by atoms with Gasteiger partial charge in [0.25, 0.3) is 0 Å². The van der Waals surface area contributed by atoms with Crippen LogP contribution >= 0.6 is 0 Å². The van der Waals surface area contributed by atoms with E-state index in [0.29, 0.717) is 0 Å². The molecule has 1 heterocycles. The lowest BCUT2D eigenvalue weighted by molar-refractivity contribution is 0.687. The van der Waals surface area contributed by atoms with E-state index in [1.54, 1.807) is 0 Å². The first-order chi connectivity index (χ1) is 7.38. The minimum atomic E-state index is 0.832. The van der Waals surface area contributed by atoms with Crippen LogP contribution in [0.25, 0.3) is 6.08 Å². The Hall–Kier alpha value is -1.83. The van der Waals surface area contributed by atoms with Crippen LogP contribution in [0, 0.1) is 0 Å². The summed E-state index contributed by atoms with van der Waals surface area (Å²) >= 11 is 0. The van der Waals surface area contributed by atoms with Crippen LogP contribution in [0.2, 0.25) is 0 Å². The first-order valence-electron chi connectivity index (χ1n) is 5.07. The summed E-state index contributed by atoms with van der Waals surface area (Å²) in [7, 11) is 0. The van der Waals surface area contributed by atoms with Crippen molar-refractivity contribution in [3.05, 3.63) is 59.9 Å². The normalized spacial score (nSPS) is 11.0. The van der Waals surface area contributed by atoms with Crippen molar-refractivity contribution in [2.24, 2.45) is 0 Å². The van der Waals surface area contributed by atoms with Gasteiger partial charge in [-0.15, -0.1) is 0 Å². The van der Waals surface area contributed by atoms with Gasteiger partial charge in [-0.1, -0.05) is 42.5 Å². The molecule has 76 valence electrons. The van der Waals surface area contributed by atoms with Crippen molar-refractivity contribution in [1.29, 1.82) is 0 Å². The summed E-state index contributed by atoms with van der Waals surface area (Å²) in [6.07, 6.45) is 7.99. The van der Waals surface area contributed by atoms with Crippen molar-refractivity contribution in [2.45, 2.75) is 13.5 Å². The molecule has 1 aromatic heterocycles. The van der Waals surface area contributed by atoms with Gasteiger partial charge in [-0.3, -0.25) is 4.68 Å². The summed E-state index contributed by atoms with van der Waals surface area (Å²) in [5, 5.41) is 4.30. The number of hydrogen-bond donors (Lipinski definition) is 0. The molecule has 0 fully saturated rings. The molecule has 2 heteroatoms. The quantitative estimate of drug-likeness (QED) is 0.741. The molecule has 0 amide bonds. The molecular formula is C13H14N2. The van der Waals surface area contributed by atoms with Crippen LogP contribution < -0.4 is 0 Å². The second kappa shape index (κ2) is 4.60. The van der Waals surface area contributed by atoms with Crippen molar-refractivity contribution in [3.8, 4) is 0 Å². The Kier molecular flexibility index (Phi) is 2.98. The highest BCUT2D eigenvalue weighted by atomic mass is 15.3. The molecule has 15 heavy (non-hydrogen) atoms. The Morgan fingerprint density at radius 2 is 2.07 bits per heavy atom. The van der Waals surface area contributed by atoms with Crippen LogP contribution in [0.4, 0.5) is 0 Å². The van der Waals surface area contributed by atoms with Gasteiger partial charge in [-0.05, 0) is 12.5 Å². The van der Waals surface area contributed by atoms with Crippen molar-refractivity contribution in [3.63, 3.8) is 0 Å². The summed E-state index contributed by atoms with van der Waals surface area (Å²) in [4.78, 5) is 0. The third-order valence-electron chi connectivity index (χ3n) is 2.20. The monoisotopic (exact) mass is 198 g/mol. The molecule has 0 bridgehead atoms. The van der Waals surface area contributed by atoms with E-state index >= 15 is 0 Å². The zero-order chi connectivity index (χ0) is 10.5. The van der Waals surface area contributed by atoms with Gasteiger partial charge in [0.05, 0.1) is 12.7 Å². The third-order valence-corrected chi connectivity index (χ3v) is 2.20. The zero-order valence-corrected chi connectivity index (χ0v) is 8.80. The fourth-order valence-corrected chi connectivity index (χ4v) is 1.52. The fourth-order valence-electron chi connectivity index (χ4n) is 1.52. The number of benzene rings is 1. The Labute approximate surface area is 89.9 Å². The molecule has 0 unspecified atom stereocenters. The van der Waals surface area contributed by atoms with Gasteiger partial charge < -0.3 is 0 Å². The Balaban J connectivity index is 2.11. The van der Waals surface area contributed by atoms with Gasteiger partial charge in [0, 0.05) is 11.8 Å². The molecule has 0 aliphatic heterocycles. The summed E-state index contributed by atoms with van der Waals surface area (Å²) in [5.74, 6) is 0. The molecular weight excluding hydrogens is 184 g/mol. The Morgan fingerprint density at radius 3 is 2.80 bits per heavy atom. The average molecular weight is 198 g/mol. The smallest absolute Gasteiger partial charge is 0.0659 e. The highest BCUT2D eigenvalue weighted by Crippen LogP contribution is 2.04. The van der Waals surface area contributed by atoms with Gasteiger partial charge in [0.1, 0.15) is 0 Å². The average Bonchev–Trinajstić information content (AvgIpc) is 2.68. The number of rotatable bonds is 3. The second-order valence-electron chi connectivity index (χ2n) is 3.46. The molecule has 2 aromatic rings. The van der Waals surface area contributed by atoms with Crippen LogP contribution in [0.5, 0.6) is 0 Å². The van der Waals surface area contributed by atoms with Gasteiger partial charge >= 0.3 is 0 Å². The van der Waals surface area contributed by atoms with E-state index in [2.05, 4.69) is 23.3 Å². The molecule has 0 aliphatic carbocycles. The van der Waals surface area contributed by atoms with Crippen LogP contribution in [-0.4, -0.2) is 9.78 Å². The lowest BCUT2D eigenvalue weighted by atomic mass is 10.2. The number of hydrogen-bond acceptors (Lipinski definition) is 1. The largest absolute Gasteiger partial charge is 0.268 e. The predicted molar refractivity (Wildman–Crippen MR) is 62.5 cm³/mol. The molecule has 2 nitrogen and oxygen atoms in total. The molecule has 1 aromatic carbocycles. The summed E-state index contributed by atoms with van der Waals surface area (Å²) in [5.41, 5.74) is 2.42. The van der Waals surface area contributed by atoms with E-state index in [-0.39, 0.29) is 0 Å². The van der Waals surface area contributed by atoms with Gasteiger partial charge in [0.15, 0.2) is 0 Å². The molecule has 0 aliphatic rings. The number of allylic oxidation sites excluding steroid dienone is 1. The molecule has 0 atom stereocenters. The predicted octanol–water partition coefficient (Wildman–Crippen LogP) is 2.96. The summed E-state index contributed by atoms with van der Waals surface area (Å²) in [6, 6.07) is 10.3. The minimum absolute atomic E-state index is 0.832. The lowest BCUT2D eigenvalue weighted by Gasteiger charge is -2.00. The number of aromatic nitrogens is 2. The van der Waals surface area contributed by atoms with E-state index in [9.17, 15) is 0 Å². The van der Waals surface area contributed by atoms with Gasteiger partial charge in [0.2, 0.25) is 0 Å². The van der Waals surface area contributed by atoms with Crippen molar-refractivity contribution >= 4 is 6.08 Å². The minimum Gasteiger partial charge on any atom is -0.268 e. The standard InChI is InChI=1S/C13H14N2/c1-2-6-13-9-14-15(11-13)10-12-7-4-3-5-8-12/h2-9,11H,10H2,1H3/b6-2+. The highest BCUT2D eigenvalue weighted by Gasteiger charge is 1.96. The van der Waals surface area contributed by atoms with Crippen LogP contribution in [0.3, 0.4) is 0 Å². The molecule has 0 saturated heterocycles. The van der Waals surface area contributed by atoms with E-state index in [1.165, 1.54) is 5.56 Å². The molecule has 0 spiro atoms. The third kappa shape index (κ3) is 2.56. The van der Waals surface area contributed by atoms with Crippen molar-refractivity contribution < 1.29 is 0 Å².